The minimum atomic E-state index is 0.409. The largest absolute Gasteiger partial charge is 0.481 e. The first-order chi connectivity index (χ1) is 6.34. The Morgan fingerprint density at radius 1 is 1.38 bits per heavy atom. The summed E-state index contributed by atoms with van der Waals surface area (Å²) in [7, 11) is 0. The van der Waals surface area contributed by atoms with Crippen molar-refractivity contribution in [3.8, 4) is 5.06 Å². The van der Waals surface area contributed by atoms with Crippen LogP contribution in [0.1, 0.15) is 12.8 Å². The maximum Gasteiger partial charge on any atom is 0.175 e. The number of piperidine rings is 1. The van der Waals surface area contributed by atoms with E-state index in [9.17, 15) is 0 Å². The zero-order valence-electron chi connectivity index (χ0n) is 7.25. The minimum Gasteiger partial charge on any atom is -0.481 e. The van der Waals surface area contributed by atoms with Gasteiger partial charge in [0.2, 0.25) is 0 Å². The van der Waals surface area contributed by atoms with E-state index in [1.54, 1.807) is 11.3 Å². The first-order valence-electron chi connectivity index (χ1n) is 4.47. The molecule has 1 aromatic rings. The second kappa shape index (κ2) is 4.44. The van der Waals surface area contributed by atoms with Crippen molar-refractivity contribution in [3.63, 3.8) is 0 Å². The van der Waals surface area contributed by atoms with Crippen molar-refractivity contribution in [1.82, 2.24) is 5.32 Å². The molecule has 0 aromatic carbocycles. The van der Waals surface area contributed by atoms with Gasteiger partial charge in [0, 0.05) is 0 Å². The van der Waals surface area contributed by atoms with Gasteiger partial charge in [-0.2, -0.15) is 0 Å². The first-order valence-corrected chi connectivity index (χ1v) is 6.08. The number of hydrogen-bond acceptors (Lipinski definition) is 3. The van der Waals surface area contributed by atoms with Gasteiger partial charge < -0.3 is 10.1 Å². The highest BCUT2D eigenvalue weighted by atomic mass is 79.9. The van der Waals surface area contributed by atoms with Crippen LogP contribution >= 0.6 is 27.3 Å². The number of thiophene rings is 1. The summed E-state index contributed by atoms with van der Waals surface area (Å²) < 4.78 is 6.96. The average Bonchev–Trinajstić information content (AvgIpc) is 2.53. The van der Waals surface area contributed by atoms with Gasteiger partial charge in [0.1, 0.15) is 6.10 Å². The smallest absolute Gasteiger partial charge is 0.175 e. The summed E-state index contributed by atoms with van der Waals surface area (Å²) in [5, 5.41) is 4.35. The van der Waals surface area contributed by atoms with Gasteiger partial charge in [-0.25, -0.2) is 0 Å². The van der Waals surface area contributed by atoms with E-state index >= 15 is 0 Å². The van der Waals surface area contributed by atoms with Crippen molar-refractivity contribution in [3.05, 3.63) is 15.9 Å². The maximum absolute atomic E-state index is 5.82. The van der Waals surface area contributed by atoms with Crippen molar-refractivity contribution < 1.29 is 4.74 Å². The van der Waals surface area contributed by atoms with Gasteiger partial charge in [-0.15, -0.1) is 0 Å². The molecule has 0 bridgehead atoms. The predicted molar refractivity (Wildman–Crippen MR) is 58.5 cm³/mol. The third kappa shape index (κ3) is 2.69. The molecule has 2 nitrogen and oxygen atoms in total. The van der Waals surface area contributed by atoms with E-state index in [0.29, 0.717) is 6.10 Å². The van der Waals surface area contributed by atoms with Crippen LogP contribution in [0, 0.1) is 0 Å². The van der Waals surface area contributed by atoms with E-state index in [1.165, 1.54) is 0 Å². The molecule has 0 amide bonds. The zero-order chi connectivity index (χ0) is 9.10. The summed E-state index contributed by atoms with van der Waals surface area (Å²) in [6, 6.07) is 4.05. The van der Waals surface area contributed by atoms with Crippen molar-refractivity contribution >= 4 is 27.3 Å². The molecule has 13 heavy (non-hydrogen) atoms. The molecule has 2 rings (SSSR count). The van der Waals surface area contributed by atoms with Crippen LogP contribution in [-0.4, -0.2) is 19.2 Å². The third-order valence-corrected chi connectivity index (χ3v) is 3.63. The van der Waals surface area contributed by atoms with E-state index in [1.807, 2.05) is 12.1 Å². The zero-order valence-corrected chi connectivity index (χ0v) is 9.66. The molecule has 1 aliphatic heterocycles. The van der Waals surface area contributed by atoms with E-state index in [2.05, 4.69) is 21.2 Å². The first kappa shape index (κ1) is 9.49. The summed E-state index contributed by atoms with van der Waals surface area (Å²) in [5.41, 5.74) is 0. The standard InChI is InChI=1S/C9H12BrNOS/c10-8-1-2-9(13-8)12-7-3-5-11-6-4-7/h1-2,7,11H,3-6H2. The van der Waals surface area contributed by atoms with Gasteiger partial charge in [-0.05, 0) is 54.0 Å². The molecule has 2 heterocycles. The van der Waals surface area contributed by atoms with Crippen LogP contribution in [0.5, 0.6) is 5.06 Å². The van der Waals surface area contributed by atoms with Crippen LogP contribution in [-0.2, 0) is 0 Å². The topological polar surface area (TPSA) is 21.3 Å². The molecule has 72 valence electrons. The third-order valence-electron chi connectivity index (χ3n) is 2.12. The fourth-order valence-electron chi connectivity index (χ4n) is 1.44. The quantitative estimate of drug-likeness (QED) is 0.884. The summed E-state index contributed by atoms with van der Waals surface area (Å²) in [5.74, 6) is 0. The predicted octanol–water partition coefficient (Wildman–Crippen LogP) is 2.64. The Morgan fingerprint density at radius 3 is 2.77 bits per heavy atom. The molecule has 4 heteroatoms. The highest BCUT2D eigenvalue weighted by molar-refractivity contribution is 9.11. The van der Waals surface area contributed by atoms with Gasteiger partial charge in [0.15, 0.2) is 5.06 Å². The van der Waals surface area contributed by atoms with Gasteiger partial charge in [-0.3, -0.25) is 0 Å². The normalized spacial score (nSPS) is 18.8. The number of nitrogens with one attached hydrogen (secondary N) is 1. The molecule has 0 radical (unpaired) electrons. The molecule has 1 saturated heterocycles. The van der Waals surface area contributed by atoms with Crippen LogP contribution in [0.2, 0.25) is 0 Å². The number of rotatable bonds is 2. The summed E-state index contributed by atoms with van der Waals surface area (Å²) in [6.07, 6.45) is 2.65. The Kier molecular flexibility index (Phi) is 3.24. The van der Waals surface area contributed by atoms with Gasteiger partial charge >= 0.3 is 0 Å². The summed E-state index contributed by atoms with van der Waals surface area (Å²) in [4.78, 5) is 0. The second-order valence-electron chi connectivity index (χ2n) is 3.13. The second-order valence-corrected chi connectivity index (χ2v) is 5.55. The molecule has 1 N–H and O–H groups in total. The molecular weight excluding hydrogens is 250 g/mol. The van der Waals surface area contributed by atoms with Gasteiger partial charge in [0.05, 0.1) is 3.79 Å². The number of ether oxygens (including phenoxy) is 1. The van der Waals surface area contributed by atoms with Gasteiger partial charge in [0.25, 0.3) is 0 Å². The highest BCUT2D eigenvalue weighted by Crippen LogP contribution is 2.30. The molecule has 0 unspecified atom stereocenters. The average molecular weight is 262 g/mol. The lowest BCUT2D eigenvalue weighted by atomic mass is 10.1. The Hall–Kier alpha value is -0.0600. The Morgan fingerprint density at radius 2 is 2.15 bits per heavy atom. The molecule has 0 aliphatic carbocycles. The maximum atomic E-state index is 5.82. The van der Waals surface area contributed by atoms with Crippen molar-refractivity contribution in [2.75, 3.05) is 13.1 Å². The van der Waals surface area contributed by atoms with Crippen LogP contribution < -0.4 is 10.1 Å². The van der Waals surface area contributed by atoms with Crippen LogP contribution in [0.25, 0.3) is 0 Å². The molecule has 1 fully saturated rings. The molecule has 1 aliphatic rings. The Balaban J connectivity index is 1.89. The number of hydrogen-bond donors (Lipinski definition) is 1. The fourth-order valence-corrected chi connectivity index (χ4v) is 2.70. The Labute approximate surface area is 90.4 Å². The highest BCUT2D eigenvalue weighted by Gasteiger charge is 2.14. The summed E-state index contributed by atoms with van der Waals surface area (Å²) in [6.45, 7) is 2.16. The van der Waals surface area contributed by atoms with Crippen molar-refractivity contribution in [2.45, 2.75) is 18.9 Å². The van der Waals surface area contributed by atoms with E-state index in [4.69, 9.17) is 4.74 Å². The molecule has 0 spiro atoms. The SMILES string of the molecule is Brc1ccc(OC2CCNCC2)s1. The van der Waals surface area contributed by atoms with Gasteiger partial charge in [-0.1, -0.05) is 11.3 Å². The lowest BCUT2D eigenvalue weighted by Crippen LogP contribution is -2.33. The molecular formula is C9H12BrNOS. The molecule has 0 saturated carbocycles. The minimum absolute atomic E-state index is 0.409. The lowest BCUT2D eigenvalue weighted by Gasteiger charge is -2.22. The number of halogens is 1. The molecule has 0 atom stereocenters. The van der Waals surface area contributed by atoms with Crippen LogP contribution in [0.4, 0.5) is 0 Å². The van der Waals surface area contributed by atoms with Crippen LogP contribution in [0.15, 0.2) is 15.9 Å². The summed E-state index contributed by atoms with van der Waals surface area (Å²) >= 11 is 5.08. The monoisotopic (exact) mass is 261 g/mol. The van der Waals surface area contributed by atoms with Crippen molar-refractivity contribution in [2.24, 2.45) is 0 Å². The van der Waals surface area contributed by atoms with Crippen molar-refractivity contribution in [1.29, 1.82) is 0 Å². The fraction of sp³-hybridized carbons (Fsp3) is 0.556. The Bertz CT molecular complexity index is 270. The van der Waals surface area contributed by atoms with Crippen LogP contribution in [0.3, 0.4) is 0 Å². The van der Waals surface area contributed by atoms with E-state index < -0.39 is 0 Å². The van der Waals surface area contributed by atoms with E-state index in [0.717, 1.165) is 34.8 Å². The lowest BCUT2D eigenvalue weighted by molar-refractivity contribution is 0.168. The van der Waals surface area contributed by atoms with E-state index in [-0.39, 0.29) is 0 Å². The molecule has 1 aromatic heterocycles.